The zero-order valence-electron chi connectivity index (χ0n) is 30.2. The van der Waals surface area contributed by atoms with Gasteiger partial charge in [0.05, 0.1) is 0 Å². The molecule has 1 heteroatoms. The molecule has 43 heavy (non-hydrogen) atoms. The van der Waals surface area contributed by atoms with Crippen LogP contribution in [0.15, 0.2) is 18.3 Å². The Morgan fingerprint density at radius 1 is 0.372 bits per heavy atom. The van der Waals surface area contributed by atoms with Gasteiger partial charge in [-0.3, -0.25) is 0 Å². The normalized spacial score (nSPS) is 11.5. The molecule has 1 nitrogen and oxygen atoms in total. The maximum absolute atomic E-state index is 2.41. The molecule has 1 rings (SSSR count). The van der Waals surface area contributed by atoms with E-state index in [1.165, 1.54) is 218 Å². The average molecular weight is 599 g/mol. The molecule has 1 aromatic rings. The van der Waals surface area contributed by atoms with Gasteiger partial charge in [0, 0.05) is 18.1 Å². The van der Waals surface area contributed by atoms with Crippen LogP contribution in [0.2, 0.25) is 0 Å². The van der Waals surface area contributed by atoms with E-state index < -0.39 is 0 Å². The van der Waals surface area contributed by atoms with Crippen LogP contribution in [0.5, 0.6) is 0 Å². The first kappa shape index (κ1) is 40.2. The van der Waals surface area contributed by atoms with Gasteiger partial charge in [-0.1, -0.05) is 206 Å². The predicted octanol–water partition coefficient (Wildman–Crippen LogP) is 14.1. The molecule has 0 spiro atoms. The highest BCUT2D eigenvalue weighted by Gasteiger charge is 2.12. The van der Waals surface area contributed by atoms with Gasteiger partial charge < -0.3 is 0 Å². The minimum absolute atomic E-state index is 1.27. The Morgan fingerprint density at radius 2 is 0.651 bits per heavy atom. The Balaban J connectivity index is 1.95. The SMILES string of the molecule is CCCCCCCCCCCCCCCCCCc1ccc[n+](C)c1CCCCCCCCCCCCCCCCCC. The second-order valence-corrected chi connectivity index (χ2v) is 14.2. The number of pyridine rings is 1. The summed E-state index contributed by atoms with van der Waals surface area (Å²) in [6.07, 6.45) is 51.1. The molecule has 0 aliphatic heterocycles. The van der Waals surface area contributed by atoms with E-state index in [1.807, 2.05) is 0 Å². The lowest BCUT2D eigenvalue weighted by Crippen LogP contribution is -2.34. The average Bonchev–Trinajstić information content (AvgIpc) is 3.01. The fourth-order valence-corrected chi connectivity index (χ4v) is 6.97. The lowest BCUT2D eigenvalue weighted by Gasteiger charge is -2.08. The minimum Gasteiger partial charge on any atom is -0.205 e. The Hall–Kier alpha value is -0.850. The van der Waals surface area contributed by atoms with Crippen LogP contribution in [-0.2, 0) is 19.9 Å². The Morgan fingerprint density at radius 3 is 0.977 bits per heavy atom. The van der Waals surface area contributed by atoms with Gasteiger partial charge in [0.1, 0.15) is 7.05 Å². The summed E-state index contributed by atoms with van der Waals surface area (Å²) in [6, 6.07) is 4.67. The standard InChI is InChI=1S/C42H80N/c1-4-6-8-10-12-14-16-18-20-22-24-26-28-30-32-34-37-41-38-36-40-43(3)42(41)39-35-33-31-29-27-25-23-21-19-17-15-13-11-9-7-5-2/h36,38,40H,4-35,37,39H2,1-3H3/q+1. The van der Waals surface area contributed by atoms with Crippen molar-refractivity contribution >= 4 is 0 Å². The monoisotopic (exact) mass is 599 g/mol. The quantitative estimate of drug-likeness (QED) is 0.0549. The smallest absolute Gasteiger partial charge is 0.184 e. The summed E-state index contributed by atoms with van der Waals surface area (Å²) in [5, 5.41) is 0. The van der Waals surface area contributed by atoms with Crippen molar-refractivity contribution in [2.75, 3.05) is 0 Å². The summed E-state index contributed by atoms with van der Waals surface area (Å²) in [5.74, 6) is 0. The van der Waals surface area contributed by atoms with Crippen molar-refractivity contribution in [3.63, 3.8) is 0 Å². The van der Waals surface area contributed by atoms with Crippen LogP contribution in [0.25, 0.3) is 0 Å². The van der Waals surface area contributed by atoms with Crippen molar-refractivity contribution in [3.05, 3.63) is 29.6 Å². The second-order valence-electron chi connectivity index (χ2n) is 14.2. The van der Waals surface area contributed by atoms with Crippen molar-refractivity contribution in [1.29, 1.82) is 0 Å². The number of hydrogen-bond acceptors (Lipinski definition) is 0. The van der Waals surface area contributed by atoms with E-state index in [0.29, 0.717) is 0 Å². The van der Waals surface area contributed by atoms with Crippen molar-refractivity contribution in [1.82, 2.24) is 0 Å². The van der Waals surface area contributed by atoms with Crippen LogP contribution in [0.4, 0.5) is 0 Å². The summed E-state index contributed by atoms with van der Waals surface area (Å²) in [6.45, 7) is 4.62. The molecule has 0 aliphatic rings. The third kappa shape index (κ3) is 26.1. The highest BCUT2D eigenvalue weighted by molar-refractivity contribution is 5.16. The third-order valence-electron chi connectivity index (χ3n) is 9.97. The molecule has 252 valence electrons. The van der Waals surface area contributed by atoms with Crippen molar-refractivity contribution in [2.24, 2.45) is 7.05 Å². The number of nitrogens with zero attached hydrogens (tertiary/aromatic N) is 1. The molecule has 0 atom stereocenters. The first-order valence-electron chi connectivity index (χ1n) is 20.3. The first-order valence-corrected chi connectivity index (χ1v) is 20.3. The molecule has 0 unspecified atom stereocenters. The van der Waals surface area contributed by atoms with E-state index in [9.17, 15) is 0 Å². The van der Waals surface area contributed by atoms with E-state index in [4.69, 9.17) is 0 Å². The van der Waals surface area contributed by atoms with Gasteiger partial charge in [0.2, 0.25) is 0 Å². The van der Waals surface area contributed by atoms with Crippen LogP contribution in [-0.4, -0.2) is 0 Å². The highest BCUT2D eigenvalue weighted by atomic mass is 14.9. The Bertz CT molecular complexity index is 679. The number of aromatic nitrogens is 1. The molecular formula is C42H80N+. The maximum atomic E-state index is 2.41. The van der Waals surface area contributed by atoms with Gasteiger partial charge in [-0.05, 0) is 25.3 Å². The van der Waals surface area contributed by atoms with E-state index >= 15 is 0 Å². The van der Waals surface area contributed by atoms with Crippen molar-refractivity contribution < 1.29 is 4.57 Å². The summed E-state index contributed by atoms with van der Waals surface area (Å²) in [7, 11) is 2.26. The number of hydrogen-bond donors (Lipinski definition) is 0. The molecule has 0 aromatic carbocycles. The number of aryl methyl sites for hydroxylation is 2. The van der Waals surface area contributed by atoms with Gasteiger partial charge in [-0.15, -0.1) is 0 Å². The lowest BCUT2D eigenvalue weighted by atomic mass is 9.99. The molecule has 0 bridgehead atoms. The van der Waals surface area contributed by atoms with Gasteiger partial charge in [-0.2, -0.15) is 0 Å². The Labute approximate surface area is 272 Å². The summed E-state index contributed by atoms with van der Waals surface area (Å²) < 4.78 is 2.41. The number of unbranched alkanes of at least 4 members (excludes halogenated alkanes) is 30. The van der Waals surface area contributed by atoms with Crippen molar-refractivity contribution in [3.8, 4) is 0 Å². The molecule has 0 saturated heterocycles. The van der Waals surface area contributed by atoms with Crippen LogP contribution in [0.1, 0.15) is 231 Å². The van der Waals surface area contributed by atoms with E-state index in [0.717, 1.165) is 0 Å². The molecule has 0 N–H and O–H groups in total. The van der Waals surface area contributed by atoms with Gasteiger partial charge in [0.15, 0.2) is 11.9 Å². The molecular weight excluding hydrogens is 518 g/mol. The topological polar surface area (TPSA) is 3.88 Å². The summed E-state index contributed by atoms with van der Waals surface area (Å²) >= 11 is 0. The van der Waals surface area contributed by atoms with Crippen LogP contribution in [0, 0.1) is 0 Å². The predicted molar refractivity (Wildman–Crippen MR) is 194 cm³/mol. The Kier molecular flexibility index (Phi) is 30.4. The van der Waals surface area contributed by atoms with Crippen LogP contribution in [0.3, 0.4) is 0 Å². The molecule has 0 saturated carbocycles. The first-order chi connectivity index (χ1) is 21.3. The molecule has 1 heterocycles. The third-order valence-corrected chi connectivity index (χ3v) is 9.97. The zero-order valence-corrected chi connectivity index (χ0v) is 30.2. The van der Waals surface area contributed by atoms with E-state index in [2.05, 4.69) is 43.8 Å². The molecule has 0 aliphatic carbocycles. The summed E-state index contributed by atoms with van der Waals surface area (Å²) in [5.41, 5.74) is 3.23. The largest absolute Gasteiger partial charge is 0.205 e. The minimum atomic E-state index is 1.27. The second kappa shape index (κ2) is 32.5. The van der Waals surface area contributed by atoms with Gasteiger partial charge in [0.25, 0.3) is 0 Å². The molecule has 0 fully saturated rings. The summed E-state index contributed by atoms with van der Waals surface area (Å²) in [4.78, 5) is 0. The highest BCUT2D eigenvalue weighted by Crippen LogP contribution is 2.18. The van der Waals surface area contributed by atoms with Crippen LogP contribution >= 0.6 is 0 Å². The van der Waals surface area contributed by atoms with E-state index in [1.54, 1.807) is 11.3 Å². The lowest BCUT2D eigenvalue weighted by molar-refractivity contribution is -0.679. The fourth-order valence-electron chi connectivity index (χ4n) is 6.97. The molecule has 0 radical (unpaired) electrons. The van der Waals surface area contributed by atoms with Crippen molar-refractivity contribution in [2.45, 2.75) is 232 Å². The fraction of sp³-hybridized carbons (Fsp3) is 0.881. The molecule has 0 amide bonds. The zero-order chi connectivity index (χ0) is 30.9. The maximum Gasteiger partial charge on any atom is 0.184 e. The number of rotatable bonds is 34. The van der Waals surface area contributed by atoms with E-state index in [-0.39, 0.29) is 0 Å². The van der Waals surface area contributed by atoms with Gasteiger partial charge >= 0.3 is 0 Å². The molecule has 1 aromatic heterocycles. The van der Waals surface area contributed by atoms with Crippen LogP contribution < -0.4 is 4.57 Å². The van der Waals surface area contributed by atoms with Gasteiger partial charge in [-0.25, -0.2) is 4.57 Å².